The number of ketones is 1. The highest BCUT2D eigenvalue weighted by Crippen LogP contribution is 2.37. The molecule has 0 spiro atoms. The van der Waals surface area contributed by atoms with Crippen LogP contribution in [0.25, 0.3) is 11.1 Å². The molecule has 0 aliphatic carbocycles. The number of nitrogens with one attached hydrogen (secondary N) is 2. The highest BCUT2D eigenvalue weighted by molar-refractivity contribution is 6.12. The highest BCUT2D eigenvalue weighted by atomic mass is 19.4. The fourth-order valence-electron chi connectivity index (χ4n) is 3.74. The molecule has 0 aliphatic heterocycles. The number of rotatable bonds is 7. The molecule has 2 N–H and O–H groups in total. The minimum absolute atomic E-state index is 0.231. The zero-order chi connectivity index (χ0) is 26.6. The van der Waals surface area contributed by atoms with Crippen LogP contribution in [-0.4, -0.2) is 22.8 Å². The van der Waals surface area contributed by atoms with Gasteiger partial charge in [-0.1, -0.05) is 25.1 Å². The van der Waals surface area contributed by atoms with Crippen molar-refractivity contribution < 1.29 is 32.7 Å². The van der Waals surface area contributed by atoms with Crippen LogP contribution in [0.15, 0.2) is 48.7 Å². The Morgan fingerprint density at radius 3 is 2.28 bits per heavy atom. The molecule has 0 bridgehead atoms. The number of hydrogen-bond donors (Lipinski definition) is 2. The Morgan fingerprint density at radius 2 is 1.67 bits per heavy atom. The van der Waals surface area contributed by atoms with Gasteiger partial charge in [-0.05, 0) is 61.2 Å². The predicted molar refractivity (Wildman–Crippen MR) is 127 cm³/mol. The molecule has 10 heteroatoms. The third-order valence-electron chi connectivity index (χ3n) is 5.53. The summed E-state index contributed by atoms with van der Waals surface area (Å²) in [4.78, 5) is 40.7. The smallest absolute Gasteiger partial charge is 0.416 e. The quantitative estimate of drug-likeness (QED) is 0.355. The first-order chi connectivity index (χ1) is 16.9. The van der Waals surface area contributed by atoms with Crippen molar-refractivity contribution in [3.63, 3.8) is 0 Å². The minimum atomic E-state index is -4.73. The van der Waals surface area contributed by atoms with Crippen LogP contribution in [0.3, 0.4) is 0 Å². The monoisotopic (exact) mass is 498 g/mol. The van der Waals surface area contributed by atoms with Gasteiger partial charge < -0.3 is 20.5 Å². The second-order valence-electron chi connectivity index (χ2n) is 8.20. The summed E-state index contributed by atoms with van der Waals surface area (Å²) in [5, 5.41) is 15.0. The molecule has 0 aliphatic rings. The van der Waals surface area contributed by atoms with Crippen molar-refractivity contribution in [2.24, 2.45) is 0 Å². The van der Waals surface area contributed by atoms with E-state index in [9.17, 15) is 32.7 Å². The number of Topliss-reactive ketones (excluding diaryl/α,β-unsaturated/α-hetero) is 1. The summed E-state index contributed by atoms with van der Waals surface area (Å²) in [6.07, 6.45) is -4.68. The molecule has 2 amide bonds. The lowest BCUT2D eigenvalue weighted by atomic mass is 9.98. The summed E-state index contributed by atoms with van der Waals surface area (Å²) < 4.78 is 40.0. The van der Waals surface area contributed by atoms with Crippen LogP contribution < -0.4 is 15.7 Å². The number of carbonyl (C=O) groups excluding carboxylic acids is 3. The van der Waals surface area contributed by atoms with Crippen LogP contribution in [-0.2, 0) is 17.4 Å². The summed E-state index contributed by atoms with van der Waals surface area (Å²) in [5.74, 6) is -1.48. The number of carbonyl (C=O) groups is 3. The van der Waals surface area contributed by atoms with E-state index in [1.807, 2.05) is 25.2 Å². The zero-order valence-corrected chi connectivity index (χ0v) is 19.7. The largest absolute Gasteiger partial charge is 0.530 e. The molecule has 0 radical (unpaired) electrons. The number of alkyl halides is 3. The summed E-state index contributed by atoms with van der Waals surface area (Å²) >= 11 is 0. The van der Waals surface area contributed by atoms with Gasteiger partial charge in [0.25, 0.3) is 0 Å². The number of nitrogens with zero attached hydrogens (tertiary/aromatic N) is 1. The number of aryl methyl sites for hydroxylation is 3. The summed E-state index contributed by atoms with van der Waals surface area (Å²) in [6.45, 7) is 5.06. The average Bonchev–Trinajstić information content (AvgIpc) is 2.79. The lowest BCUT2D eigenvalue weighted by Gasteiger charge is -2.18. The van der Waals surface area contributed by atoms with E-state index in [0.29, 0.717) is 6.07 Å². The number of pyridine rings is 1. The molecule has 36 heavy (non-hydrogen) atoms. The van der Waals surface area contributed by atoms with Crippen LogP contribution in [0.1, 0.15) is 46.1 Å². The van der Waals surface area contributed by atoms with Crippen molar-refractivity contribution in [2.45, 2.75) is 39.8 Å². The van der Waals surface area contributed by atoms with Crippen LogP contribution in [0.5, 0.6) is 0 Å². The van der Waals surface area contributed by atoms with Gasteiger partial charge in [0.2, 0.25) is 5.91 Å². The van der Waals surface area contributed by atoms with Gasteiger partial charge >= 0.3 is 6.18 Å². The molecule has 0 fully saturated rings. The Hall–Kier alpha value is -4.21. The van der Waals surface area contributed by atoms with Gasteiger partial charge in [-0.3, -0.25) is 14.6 Å². The number of benzene rings is 2. The second kappa shape index (κ2) is 10.6. The number of halogens is 3. The maximum absolute atomic E-state index is 13.3. The normalized spacial score (nSPS) is 11.2. The molecule has 2 aromatic carbocycles. The molecular weight excluding hydrogens is 475 g/mol. The number of anilines is 2. The fourth-order valence-corrected chi connectivity index (χ4v) is 3.74. The van der Waals surface area contributed by atoms with Gasteiger partial charge in [-0.15, -0.1) is 0 Å². The highest BCUT2D eigenvalue weighted by Gasteiger charge is 2.33. The van der Waals surface area contributed by atoms with E-state index in [1.165, 1.54) is 6.07 Å². The molecule has 0 saturated carbocycles. The van der Waals surface area contributed by atoms with Crippen LogP contribution in [0.4, 0.5) is 29.3 Å². The van der Waals surface area contributed by atoms with Gasteiger partial charge in [0, 0.05) is 23.0 Å². The van der Waals surface area contributed by atoms with Crippen molar-refractivity contribution in [3.8, 4) is 11.1 Å². The first kappa shape index (κ1) is 26.4. The third-order valence-corrected chi connectivity index (χ3v) is 5.53. The van der Waals surface area contributed by atoms with Crippen molar-refractivity contribution in [3.05, 3.63) is 76.6 Å². The molecule has 3 aromatic rings. The standard InChI is InChI=1S/C26H24F3N3O4/c1-4-18-8-14(2)19(13-30-18)16-6-5-7-17(10-16)23(33)12-24(34)31-22-11-20(26(27,28)29)15(3)9-21(22)32-25(35)36/h5-11,13,32H,4,12H2,1-3H3,(H,31,34)(H,35,36)/p-1. The maximum atomic E-state index is 13.3. The Labute approximate surface area is 205 Å². The van der Waals surface area contributed by atoms with E-state index in [2.05, 4.69) is 10.3 Å². The van der Waals surface area contributed by atoms with Gasteiger partial charge in [0.1, 0.15) is 6.09 Å². The minimum Gasteiger partial charge on any atom is -0.530 e. The summed E-state index contributed by atoms with van der Waals surface area (Å²) in [7, 11) is 0. The molecule has 1 aromatic heterocycles. The molecule has 0 saturated heterocycles. The Morgan fingerprint density at radius 1 is 0.972 bits per heavy atom. The molecule has 1 heterocycles. The Kier molecular flexibility index (Phi) is 7.77. The number of hydrogen-bond acceptors (Lipinski definition) is 5. The molecular formula is C26H23F3N3O4-. The average molecular weight is 498 g/mol. The molecule has 0 unspecified atom stereocenters. The van der Waals surface area contributed by atoms with Gasteiger partial charge in [0.05, 0.1) is 23.4 Å². The van der Waals surface area contributed by atoms with Crippen molar-refractivity contribution >= 4 is 29.2 Å². The Balaban J connectivity index is 1.83. The van der Waals surface area contributed by atoms with Crippen molar-refractivity contribution in [1.82, 2.24) is 4.98 Å². The van der Waals surface area contributed by atoms with E-state index < -0.39 is 41.6 Å². The first-order valence-electron chi connectivity index (χ1n) is 11.0. The van der Waals surface area contributed by atoms with Gasteiger partial charge in [0.15, 0.2) is 5.78 Å². The van der Waals surface area contributed by atoms with Crippen molar-refractivity contribution in [1.29, 1.82) is 0 Å². The predicted octanol–water partition coefficient (Wildman–Crippen LogP) is 4.91. The third kappa shape index (κ3) is 6.26. The summed E-state index contributed by atoms with van der Waals surface area (Å²) in [6, 6.07) is 10.1. The van der Waals surface area contributed by atoms with Crippen LogP contribution in [0.2, 0.25) is 0 Å². The molecule has 3 rings (SSSR count). The van der Waals surface area contributed by atoms with E-state index >= 15 is 0 Å². The van der Waals surface area contributed by atoms with Crippen LogP contribution >= 0.6 is 0 Å². The summed E-state index contributed by atoms with van der Waals surface area (Å²) in [5.41, 5.74) is 1.62. The lowest BCUT2D eigenvalue weighted by Crippen LogP contribution is -2.29. The van der Waals surface area contributed by atoms with Gasteiger partial charge in [-0.2, -0.15) is 13.2 Å². The van der Waals surface area contributed by atoms with Gasteiger partial charge in [-0.25, -0.2) is 0 Å². The van der Waals surface area contributed by atoms with Crippen LogP contribution in [0, 0.1) is 13.8 Å². The first-order valence-corrected chi connectivity index (χ1v) is 11.0. The zero-order valence-electron chi connectivity index (χ0n) is 19.7. The lowest BCUT2D eigenvalue weighted by molar-refractivity contribution is -0.242. The number of aromatic nitrogens is 1. The fraction of sp³-hybridized carbons (Fsp3) is 0.231. The van der Waals surface area contributed by atoms with Crippen molar-refractivity contribution in [2.75, 3.05) is 10.6 Å². The number of carboxylic acid groups (broad SMARTS) is 1. The topological polar surface area (TPSA) is 111 Å². The molecule has 0 atom stereocenters. The number of amides is 2. The van der Waals surface area contributed by atoms with E-state index in [-0.39, 0.29) is 16.8 Å². The van der Waals surface area contributed by atoms with E-state index in [1.54, 1.807) is 24.4 Å². The maximum Gasteiger partial charge on any atom is 0.416 e. The second-order valence-corrected chi connectivity index (χ2v) is 8.20. The van der Waals surface area contributed by atoms with E-state index in [0.717, 1.165) is 41.8 Å². The molecule has 7 nitrogen and oxygen atoms in total. The van der Waals surface area contributed by atoms with E-state index in [4.69, 9.17) is 0 Å². The molecule has 188 valence electrons. The SMILES string of the molecule is CCc1cc(C)c(-c2cccc(C(=O)CC(=O)Nc3cc(C(F)(F)F)c(C)cc3NC(=O)[O-])c2)cn1. The Bertz CT molecular complexity index is 1340.